The lowest BCUT2D eigenvalue weighted by atomic mass is 9.91. The van der Waals surface area contributed by atoms with E-state index in [2.05, 4.69) is 13.8 Å². The summed E-state index contributed by atoms with van der Waals surface area (Å²) in [6.45, 7) is 9.98. The Morgan fingerprint density at radius 3 is 2.41 bits per heavy atom. The molecule has 3 heterocycles. The van der Waals surface area contributed by atoms with E-state index in [0.717, 1.165) is 46.8 Å². The van der Waals surface area contributed by atoms with Crippen LogP contribution in [0, 0.1) is 25.7 Å². The van der Waals surface area contributed by atoms with Crippen LogP contribution in [-0.2, 0) is 0 Å². The van der Waals surface area contributed by atoms with Crippen molar-refractivity contribution in [1.29, 1.82) is 0 Å². The molecule has 3 aromatic rings. The van der Waals surface area contributed by atoms with Gasteiger partial charge in [0.25, 0.3) is 5.91 Å². The highest BCUT2D eigenvalue weighted by atomic mass is 16.2. The van der Waals surface area contributed by atoms with Crippen LogP contribution in [0.15, 0.2) is 36.4 Å². The predicted octanol–water partition coefficient (Wildman–Crippen LogP) is 4.16. The number of pyridine rings is 1. The van der Waals surface area contributed by atoms with Crippen LogP contribution in [0.1, 0.15) is 42.0 Å². The maximum Gasteiger partial charge on any atom is 0.254 e. The van der Waals surface area contributed by atoms with Gasteiger partial charge in [0.2, 0.25) is 0 Å². The second-order valence-corrected chi connectivity index (χ2v) is 8.00. The second kappa shape index (κ2) is 6.80. The van der Waals surface area contributed by atoms with Crippen molar-refractivity contribution in [3.8, 4) is 5.69 Å². The summed E-state index contributed by atoms with van der Waals surface area (Å²) in [5, 5.41) is 5.56. The number of likely N-dealkylation sites (tertiary alicyclic amines) is 1. The van der Waals surface area contributed by atoms with E-state index < -0.39 is 0 Å². The minimum Gasteiger partial charge on any atom is -0.338 e. The molecular formula is C22H26N4O. The zero-order valence-corrected chi connectivity index (χ0v) is 16.4. The summed E-state index contributed by atoms with van der Waals surface area (Å²) in [5.41, 5.74) is 4.09. The third-order valence-corrected chi connectivity index (χ3v) is 5.33. The molecule has 0 radical (unpaired) electrons. The Kier molecular flexibility index (Phi) is 4.46. The number of rotatable bonds is 2. The maximum atomic E-state index is 13.4. The predicted molar refractivity (Wildman–Crippen MR) is 107 cm³/mol. The Labute approximate surface area is 160 Å². The van der Waals surface area contributed by atoms with Gasteiger partial charge in [0.15, 0.2) is 5.65 Å². The first-order valence-corrected chi connectivity index (χ1v) is 9.65. The number of hydrogen-bond acceptors (Lipinski definition) is 3. The van der Waals surface area contributed by atoms with Crippen molar-refractivity contribution in [3.63, 3.8) is 0 Å². The number of hydrogen-bond donors (Lipinski definition) is 0. The Hall–Kier alpha value is -2.69. The first-order chi connectivity index (χ1) is 12.9. The number of fused-ring (bicyclic) bond motifs is 1. The van der Waals surface area contributed by atoms with Gasteiger partial charge in [-0.15, -0.1) is 0 Å². The molecule has 0 N–H and O–H groups in total. The lowest BCUT2D eigenvalue weighted by Crippen LogP contribution is -2.42. The Morgan fingerprint density at radius 2 is 1.74 bits per heavy atom. The molecule has 2 unspecified atom stereocenters. The van der Waals surface area contributed by atoms with E-state index in [1.165, 1.54) is 6.42 Å². The van der Waals surface area contributed by atoms with E-state index in [1.54, 1.807) is 0 Å². The first kappa shape index (κ1) is 17.7. The molecule has 2 atom stereocenters. The quantitative estimate of drug-likeness (QED) is 0.688. The van der Waals surface area contributed by atoms with Crippen molar-refractivity contribution in [2.45, 2.75) is 34.1 Å². The average molecular weight is 362 g/mol. The molecule has 1 aliphatic rings. The van der Waals surface area contributed by atoms with Gasteiger partial charge in [-0.05, 0) is 50.3 Å². The van der Waals surface area contributed by atoms with Crippen LogP contribution in [0.2, 0.25) is 0 Å². The van der Waals surface area contributed by atoms with E-state index in [4.69, 9.17) is 10.1 Å². The fraction of sp³-hybridized carbons (Fsp3) is 0.409. The van der Waals surface area contributed by atoms with Crippen molar-refractivity contribution in [2.75, 3.05) is 13.1 Å². The summed E-state index contributed by atoms with van der Waals surface area (Å²) in [6.07, 6.45) is 1.18. The fourth-order valence-corrected chi connectivity index (χ4v) is 4.33. The minimum atomic E-state index is 0.0969. The molecule has 2 aromatic heterocycles. The van der Waals surface area contributed by atoms with E-state index in [9.17, 15) is 4.79 Å². The van der Waals surface area contributed by atoms with Crippen LogP contribution in [0.4, 0.5) is 0 Å². The largest absolute Gasteiger partial charge is 0.338 e. The van der Waals surface area contributed by atoms with Crippen molar-refractivity contribution < 1.29 is 4.79 Å². The molecule has 1 aliphatic heterocycles. The van der Waals surface area contributed by atoms with Crippen LogP contribution < -0.4 is 0 Å². The molecular weight excluding hydrogens is 336 g/mol. The normalized spacial score (nSPS) is 20.2. The average Bonchev–Trinajstić information content (AvgIpc) is 2.97. The van der Waals surface area contributed by atoms with Gasteiger partial charge in [0.05, 0.1) is 22.3 Å². The lowest BCUT2D eigenvalue weighted by Gasteiger charge is -2.35. The zero-order valence-electron chi connectivity index (χ0n) is 16.4. The molecule has 0 spiro atoms. The smallest absolute Gasteiger partial charge is 0.254 e. The molecule has 0 aliphatic carbocycles. The van der Waals surface area contributed by atoms with Gasteiger partial charge >= 0.3 is 0 Å². The number of carbonyl (C=O) groups excluding carboxylic acids is 1. The third-order valence-electron chi connectivity index (χ3n) is 5.33. The maximum absolute atomic E-state index is 13.4. The summed E-state index contributed by atoms with van der Waals surface area (Å²) >= 11 is 0. The Morgan fingerprint density at radius 1 is 1.07 bits per heavy atom. The number of nitrogens with zero attached hydrogens (tertiary/aromatic N) is 4. The summed E-state index contributed by atoms with van der Waals surface area (Å²) < 4.78 is 1.84. The third kappa shape index (κ3) is 3.22. The molecule has 5 heteroatoms. The molecule has 5 nitrogen and oxygen atoms in total. The van der Waals surface area contributed by atoms with Crippen molar-refractivity contribution in [2.24, 2.45) is 11.8 Å². The number of aromatic nitrogens is 3. The van der Waals surface area contributed by atoms with Gasteiger partial charge in [-0.3, -0.25) is 4.79 Å². The lowest BCUT2D eigenvalue weighted by molar-refractivity contribution is 0.0625. The van der Waals surface area contributed by atoms with Crippen LogP contribution in [0.3, 0.4) is 0 Å². The zero-order chi connectivity index (χ0) is 19.1. The molecule has 4 rings (SSSR count). The summed E-state index contributed by atoms with van der Waals surface area (Å²) in [6, 6.07) is 11.9. The number of aryl methyl sites for hydroxylation is 2. The van der Waals surface area contributed by atoms with E-state index in [0.29, 0.717) is 11.8 Å². The van der Waals surface area contributed by atoms with Crippen LogP contribution in [-0.4, -0.2) is 38.7 Å². The highest BCUT2D eigenvalue weighted by molar-refractivity contribution is 6.06. The van der Waals surface area contributed by atoms with Gasteiger partial charge in [0.1, 0.15) is 0 Å². The molecule has 140 valence electrons. The summed E-state index contributed by atoms with van der Waals surface area (Å²) in [4.78, 5) is 20.1. The van der Waals surface area contributed by atoms with Crippen LogP contribution >= 0.6 is 0 Å². The second-order valence-electron chi connectivity index (χ2n) is 8.00. The van der Waals surface area contributed by atoms with Crippen molar-refractivity contribution >= 4 is 16.9 Å². The first-order valence-electron chi connectivity index (χ1n) is 9.65. The van der Waals surface area contributed by atoms with Crippen LogP contribution in [0.5, 0.6) is 0 Å². The van der Waals surface area contributed by atoms with Gasteiger partial charge in [-0.1, -0.05) is 32.0 Å². The van der Waals surface area contributed by atoms with Crippen LogP contribution in [0.25, 0.3) is 16.7 Å². The number of para-hydroxylation sites is 1. The molecule has 1 aromatic carbocycles. The Balaban J connectivity index is 1.84. The molecule has 1 saturated heterocycles. The topological polar surface area (TPSA) is 51.0 Å². The molecule has 1 fully saturated rings. The van der Waals surface area contributed by atoms with Gasteiger partial charge in [0, 0.05) is 18.8 Å². The van der Waals surface area contributed by atoms with Crippen molar-refractivity contribution in [3.05, 3.63) is 53.3 Å². The highest BCUT2D eigenvalue weighted by Gasteiger charge is 2.28. The summed E-state index contributed by atoms with van der Waals surface area (Å²) in [5.74, 6) is 1.16. The fourth-order valence-electron chi connectivity index (χ4n) is 4.33. The number of benzene rings is 1. The Bertz CT molecular complexity index is 982. The molecule has 0 saturated carbocycles. The standard InChI is InChI=1S/C22H26N4O/c1-14-10-15(2)13-25(12-14)22(27)19-11-16(3)23-21-20(19)17(4)24-26(21)18-8-6-5-7-9-18/h5-9,11,14-15H,10,12-13H2,1-4H3. The van der Waals surface area contributed by atoms with E-state index in [-0.39, 0.29) is 5.91 Å². The molecule has 0 bridgehead atoms. The number of carbonyl (C=O) groups is 1. The highest BCUT2D eigenvalue weighted by Crippen LogP contribution is 2.28. The van der Waals surface area contributed by atoms with E-state index in [1.807, 2.05) is 59.8 Å². The molecule has 1 amide bonds. The molecule has 27 heavy (non-hydrogen) atoms. The monoisotopic (exact) mass is 362 g/mol. The number of amides is 1. The van der Waals surface area contributed by atoms with E-state index >= 15 is 0 Å². The summed E-state index contributed by atoms with van der Waals surface area (Å²) in [7, 11) is 0. The van der Waals surface area contributed by atoms with Crippen molar-refractivity contribution in [1.82, 2.24) is 19.7 Å². The van der Waals surface area contributed by atoms with Gasteiger partial charge in [-0.25, -0.2) is 9.67 Å². The van der Waals surface area contributed by atoms with Gasteiger partial charge in [-0.2, -0.15) is 5.10 Å². The minimum absolute atomic E-state index is 0.0969. The SMILES string of the molecule is Cc1cc(C(=O)N2CC(C)CC(C)C2)c2c(C)nn(-c3ccccc3)c2n1. The van der Waals surface area contributed by atoms with Gasteiger partial charge < -0.3 is 4.90 Å². The number of piperidine rings is 1.